The van der Waals surface area contributed by atoms with Crippen LogP contribution in [0.15, 0.2) is 84.9 Å². The van der Waals surface area contributed by atoms with Crippen LogP contribution in [-0.4, -0.2) is 187 Å². The lowest BCUT2D eigenvalue weighted by Gasteiger charge is -2.36. The standard InChI is InChI=1S/C69H92N8O16/c1-43(2)37-51-61(82)73(8)34-17-16-27-58(80)91-42-69(6,7)60(81)65(86)76-35-18-15-25-50(76)66(87)92-53(30-28-44-29-31-54(89-10)55(38-44)90-11)46-23-19-24-47(39-46)70-56(78)32-33-57(79)72-59(45-21-13-12-14-22-45)64(85)77-41-48(71-67(88)93-68(3,4)5)40-52(77)63(84)75-36-20-26-49(75)62(83)74(51)9/h12-14,16,19,21-24,27,29,31,38-39,43,48-53,59H,15,17-18,20,25-26,28,30,32-37,40-42H2,1-11H3,(H,70,78)(H,71,88)(H,72,79)/t48-,49-,50+,51+,52-,53-,59?/m1/s1. The molecule has 4 aliphatic heterocycles. The molecular formula is C69H92N8O16. The Morgan fingerprint density at radius 1 is 0.731 bits per heavy atom. The molecule has 4 heterocycles. The van der Waals surface area contributed by atoms with E-state index >= 15 is 9.59 Å². The predicted octanol–water partition coefficient (Wildman–Crippen LogP) is 6.79. The highest BCUT2D eigenvalue weighted by Gasteiger charge is 2.49. The van der Waals surface area contributed by atoms with Gasteiger partial charge in [0.15, 0.2) is 11.5 Å². The molecule has 0 aliphatic carbocycles. The van der Waals surface area contributed by atoms with E-state index in [0.29, 0.717) is 54.0 Å². The molecule has 1 unspecified atom stereocenters. The Hall–Kier alpha value is -8.83. The molecule has 0 radical (unpaired) electrons. The second kappa shape index (κ2) is 32.1. The molecule has 7 rings (SSSR count). The van der Waals surface area contributed by atoms with E-state index in [1.165, 1.54) is 65.7 Å². The Kier molecular flexibility index (Phi) is 24.8. The van der Waals surface area contributed by atoms with Gasteiger partial charge < -0.3 is 64.1 Å². The van der Waals surface area contributed by atoms with Crippen molar-refractivity contribution in [2.24, 2.45) is 11.3 Å². The van der Waals surface area contributed by atoms with Gasteiger partial charge in [0.2, 0.25) is 35.3 Å². The van der Waals surface area contributed by atoms with Crippen molar-refractivity contribution in [3.63, 3.8) is 0 Å². The summed E-state index contributed by atoms with van der Waals surface area (Å²) in [5, 5.41) is 8.47. The van der Waals surface area contributed by atoms with E-state index in [-0.39, 0.29) is 82.9 Å². The summed E-state index contributed by atoms with van der Waals surface area (Å²) in [6, 6.07) is 13.9. The Balaban J connectivity index is 1.21. The molecule has 3 saturated heterocycles. The van der Waals surface area contributed by atoms with Crippen LogP contribution in [0.4, 0.5) is 10.5 Å². The van der Waals surface area contributed by atoms with Crippen molar-refractivity contribution in [2.45, 2.75) is 173 Å². The number of carbonyl (C=O) groups excluding carboxylic acids is 11. The molecule has 3 fully saturated rings. The maximum Gasteiger partial charge on any atom is 0.407 e. The third kappa shape index (κ3) is 19.1. The third-order valence-corrected chi connectivity index (χ3v) is 17.1. The van der Waals surface area contributed by atoms with Gasteiger partial charge in [0.05, 0.1) is 25.7 Å². The van der Waals surface area contributed by atoms with Crippen LogP contribution < -0.4 is 25.4 Å². The van der Waals surface area contributed by atoms with Crippen molar-refractivity contribution in [3.8, 4) is 11.5 Å². The summed E-state index contributed by atoms with van der Waals surface area (Å²) in [7, 11) is 6.14. The number of amides is 8. The second-order valence-corrected chi connectivity index (χ2v) is 26.4. The number of Topliss-reactive ketones (excluding diaryl/α,β-unsaturated/α-hetero) is 1. The van der Waals surface area contributed by atoms with Gasteiger partial charge in [-0.05, 0) is 146 Å². The van der Waals surface area contributed by atoms with Crippen LogP contribution in [0, 0.1) is 11.3 Å². The molecular weight excluding hydrogens is 1200 g/mol. The van der Waals surface area contributed by atoms with E-state index < -0.39 is 126 Å². The van der Waals surface area contributed by atoms with Gasteiger partial charge in [-0.1, -0.05) is 68.5 Å². The number of piperidine rings is 1. The second-order valence-electron chi connectivity index (χ2n) is 26.4. The number of ketones is 1. The molecule has 8 amide bonds. The Labute approximate surface area is 544 Å². The van der Waals surface area contributed by atoms with E-state index in [1.54, 1.807) is 94.5 Å². The first-order valence-electron chi connectivity index (χ1n) is 32.1. The van der Waals surface area contributed by atoms with Crippen LogP contribution in [0.3, 0.4) is 0 Å². The van der Waals surface area contributed by atoms with Gasteiger partial charge in [0.25, 0.3) is 11.8 Å². The fourth-order valence-electron chi connectivity index (χ4n) is 12.1. The van der Waals surface area contributed by atoms with Gasteiger partial charge in [-0.15, -0.1) is 0 Å². The van der Waals surface area contributed by atoms with E-state index in [1.807, 2.05) is 19.9 Å². The van der Waals surface area contributed by atoms with Crippen molar-refractivity contribution in [2.75, 3.05) is 66.4 Å². The number of fused-ring (bicyclic) bond motifs is 5. The molecule has 24 nitrogen and oxygen atoms in total. The number of nitrogens with one attached hydrogen (secondary N) is 3. The Morgan fingerprint density at radius 2 is 1.42 bits per heavy atom. The molecule has 504 valence electrons. The average molecular weight is 1290 g/mol. The number of likely N-dealkylation sites (N-methyl/N-ethyl adjacent to an activating group) is 2. The number of nitrogens with zero attached hydrogens (tertiary/aromatic N) is 5. The number of cyclic esters (lactones) is 2. The van der Waals surface area contributed by atoms with Gasteiger partial charge in [-0.3, -0.25) is 38.4 Å². The first kappa shape index (κ1) is 71.6. The Bertz CT molecular complexity index is 3250. The number of anilines is 1. The maximum absolute atomic E-state index is 15.3. The summed E-state index contributed by atoms with van der Waals surface area (Å²) >= 11 is 0. The van der Waals surface area contributed by atoms with Gasteiger partial charge in [-0.25, -0.2) is 14.4 Å². The lowest BCUT2D eigenvalue weighted by molar-refractivity contribution is -0.165. The maximum atomic E-state index is 15.3. The zero-order chi connectivity index (χ0) is 67.9. The highest BCUT2D eigenvalue weighted by Crippen LogP contribution is 2.34. The minimum atomic E-state index is -1.52. The summed E-state index contributed by atoms with van der Waals surface area (Å²) in [5.74, 6) is -5.83. The topological polar surface area (TPSA) is 286 Å². The fourth-order valence-corrected chi connectivity index (χ4v) is 12.1. The SMILES string of the molecule is COc1ccc(CC[C@H]2OC(=O)[C@@H]3CCCCN3C(=O)C(=O)C(C)(C)COC(=O)C=CCCN(C)C(=O)[C@H](CC(C)C)N(C)C(=O)[C@H]3CCCN3C(=O)[C@H]3C[C@@H](NC(=O)OC(C)(C)C)CN3C(=O)C(c3ccccc3)NC(=O)CCC(=O)Nc3cccc2c3)cc1OC. The van der Waals surface area contributed by atoms with Crippen molar-refractivity contribution in [1.29, 1.82) is 0 Å². The predicted molar refractivity (Wildman–Crippen MR) is 343 cm³/mol. The molecule has 0 aromatic heterocycles. The highest BCUT2D eigenvalue weighted by atomic mass is 16.6. The average Bonchev–Trinajstić information content (AvgIpc) is 1.72. The number of aryl methyl sites for hydroxylation is 1. The number of rotatable bonds is 9. The fraction of sp³-hybridized carbons (Fsp3) is 0.551. The molecule has 0 spiro atoms. The summed E-state index contributed by atoms with van der Waals surface area (Å²) in [4.78, 5) is 164. The number of ether oxygens (including phenoxy) is 5. The quantitative estimate of drug-likeness (QED) is 0.113. The smallest absolute Gasteiger partial charge is 0.407 e. The van der Waals surface area contributed by atoms with Crippen molar-refractivity contribution >= 4 is 70.9 Å². The molecule has 24 heteroatoms. The largest absolute Gasteiger partial charge is 0.493 e. The van der Waals surface area contributed by atoms with Gasteiger partial charge in [-0.2, -0.15) is 0 Å². The van der Waals surface area contributed by atoms with Crippen LogP contribution in [0.25, 0.3) is 0 Å². The van der Waals surface area contributed by atoms with Crippen LogP contribution >= 0.6 is 0 Å². The number of benzene rings is 3. The summed E-state index contributed by atoms with van der Waals surface area (Å²) in [6.45, 7) is 11.6. The monoisotopic (exact) mass is 1290 g/mol. The molecule has 7 atom stereocenters. The zero-order valence-electron chi connectivity index (χ0n) is 55.5. The summed E-state index contributed by atoms with van der Waals surface area (Å²) < 4.78 is 28.4. The van der Waals surface area contributed by atoms with Crippen LogP contribution in [0.2, 0.25) is 0 Å². The van der Waals surface area contributed by atoms with Gasteiger partial charge in [0.1, 0.15) is 48.5 Å². The van der Waals surface area contributed by atoms with Crippen LogP contribution in [-0.2, 0) is 68.6 Å². The van der Waals surface area contributed by atoms with E-state index in [9.17, 15) is 43.2 Å². The molecule has 2 bridgehead atoms. The Morgan fingerprint density at radius 3 is 2.12 bits per heavy atom. The number of alkyl carbamates (subject to hydrolysis) is 1. The van der Waals surface area contributed by atoms with E-state index in [0.717, 1.165) is 11.6 Å². The zero-order valence-corrected chi connectivity index (χ0v) is 55.5. The summed E-state index contributed by atoms with van der Waals surface area (Å²) in [6.07, 6.45) is 3.09. The lowest BCUT2D eigenvalue weighted by Crippen LogP contribution is -2.57. The number of hydrogen-bond donors (Lipinski definition) is 3. The minimum Gasteiger partial charge on any atom is -0.493 e. The lowest BCUT2D eigenvalue weighted by atomic mass is 9.87. The molecule has 0 saturated carbocycles. The molecule has 3 aromatic rings. The number of hydrogen-bond acceptors (Lipinski definition) is 16. The summed E-state index contributed by atoms with van der Waals surface area (Å²) in [5.41, 5.74) is -0.449. The first-order chi connectivity index (χ1) is 44.1. The van der Waals surface area contributed by atoms with Gasteiger partial charge >= 0.3 is 18.0 Å². The van der Waals surface area contributed by atoms with Gasteiger partial charge in [0, 0.05) is 64.9 Å². The number of methoxy groups -OCH3 is 2. The highest BCUT2D eigenvalue weighted by molar-refractivity contribution is 6.38. The molecule has 93 heavy (non-hydrogen) atoms. The minimum absolute atomic E-state index is 0.0566. The normalized spacial score (nSPS) is 24.1. The van der Waals surface area contributed by atoms with Crippen molar-refractivity contribution in [3.05, 3.63) is 102 Å². The first-order valence-corrected chi connectivity index (χ1v) is 32.1. The van der Waals surface area contributed by atoms with Crippen LogP contribution in [0.1, 0.15) is 148 Å². The third-order valence-electron chi connectivity index (χ3n) is 17.1. The number of esters is 2. The number of carbonyl (C=O) groups is 11. The van der Waals surface area contributed by atoms with Crippen LogP contribution in [0.5, 0.6) is 11.5 Å². The van der Waals surface area contributed by atoms with E-state index in [4.69, 9.17) is 23.7 Å². The molecule has 3 N–H and O–H groups in total. The molecule has 3 aromatic carbocycles. The van der Waals surface area contributed by atoms with E-state index in [2.05, 4.69) is 16.0 Å². The van der Waals surface area contributed by atoms with Crippen molar-refractivity contribution < 1.29 is 76.4 Å². The van der Waals surface area contributed by atoms with Crippen molar-refractivity contribution in [1.82, 2.24) is 35.1 Å². The molecule has 4 aliphatic rings.